The molecule has 5 N–H and O–H groups in total. The number of rotatable bonds is 5. The van der Waals surface area contributed by atoms with E-state index in [9.17, 15) is 20.1 Å². The first-order valence-electron chi connectivity index (χ1n) is 9.32. The van der Waals surface area contributed by atoms with Crippen LogP contribution in [0.25, 0.3) is 0 Å². The van der Waals surface area contributed by atoms with Gasteiger partial charge in [0.1, 0.15) is 18.3 Å². The quantitative estimate of drug-likeness (QED) is 0.380. The number of unbranched alkanes of at least 4 members (excludes halogenated alkanes) is 1. The molecule has 150 valence electrons. The highest BCUT2D eigenvalue weighted by Crippen LogP contribution is 2.40. The number of ether oxygens (including phenoxy) is 3. The lowest BCUT2D eigenvalue weighted by Crippen LogP contribution is -2.77. The number of nitrogens with one attached hydrogen (secondary N) is 2. The van der Waals surface area contributed by atoms with Gasteiger partial charge in [0.15, 0.2) is 5.78 Å². The summed E-state index contributed by atoms with van der Waals surface area (Å²) in [6.45, 7) is 2.05. The van der Waals surface area contributed by atoms with Gasteiger partial charge in [-0.3, -0.25) is 4.79 Å². The van der Waals surface area contributed by atoms with Crippen molar-refractivity contribution < 1.29 is 34.3 Å². The molecule has 1 saturated carbocycles. The number of carbonyl (C=O) groups excluding carboxylic acids is 1. The first-order chi connectivity index (χ1) is 12.4. The Balaban J connectivity index is 1.84. The van der Waals surface area contributed by atoms with Crippen molar-refractivity contribution in [3.8, 4) is 0 Å². The molecule has 0 aromatic rings. The molecule has 26 heavy (non-hydrogen) atoms. The Morgan fingerprint density at radius 3 is 2.42 bits per heavy atom. The Labute approximate surface area is 153 Å². The molecule has 1 unspecified atom stereocenters. The van der Waals surface area contributed by atoms with Crippen LogP contribution in [0.5, 0.6) is 0 Å². The van der Waals surface area contributed by atoms with Crippen molar-refractivity contribution >= 4 is 5.78 Å². The van der Waals surface area contributed by atoms with Gasteiger partial charge in [0.05, 0.1) is 24.3 Å². The van der Waals surface area contributed by atoms with E-state index in [2.05, 4.69) is 10.6 Å². The second-order valence-electron chi connectivity index (χ2n) is 7.35. The van der Waals surface area contributed by atoms with E-state index in [0.29, 0.717) is 6.42 Å². The number of likely N-dealkylation sites (N-methyl/N-ethyl adjacent to an activating group) is 2. The lowest BCUT2D eigenvalue weighted by atomic mass is 9.80. The third-order valence-electron chi connectivity index (χ3n) is 5.71. The molecule has 0 spiro atoms. The summed E-state index contributed by atoms with van der Waals surface area (Å²) in [5.41, 5.74) is 0. The average Bonchev–Trinajstić information content (AvgIpc) is 2.61. The van der Waals surface area contributed by atoms with E-state index in [4.69, 9.17) is 14.2 Å². The fourth-order valence-corrected chi connectivity index (χ4v) is 4.19. The van der Waals surface area contributed by atoms with Crippen LogP contribution in [0.15, 0.2) is 0 Å². The van der Waals surface area contributed by atoms with Crippen LogP contribution < -0.4 is 10.6 Å². The predicted octanol–water partition coefficient (Wildman–Crippen LogP) is -1.76. The molecule has 2 saturated heterocycles. The van der Waals surface area contributed by atoms with Gasteiger partial charge in [-0.05, 0) is 20.5 Å². The summed E-state index contributed by atoms with van der Waals surface area (Å²) in [6.07, 6.45) is -2.92. The second-order valence-corrected chi connectivity index (χ2v) is 7.35. The van der Waals surface area contributed by atoms with E-state index in [1.165, 1.54) is 0 Å². The molecule has 2 heterocycles. The number of hydrogen-bond donors (Lipinski definition) is 5. The summed E-state index contributed by atoms with van der Waals surface area (Å²) in [5, 5.41) is 37.8. The molecule has 9 heteroatoms. The number of Topliss-reactive ketones (excluding diaryl/α,β-unsaturated/α-hetero) is 1. The van der Waals surface area contributed by atoms with Crippen LogP contribution in [0.4, 0.5) is 0 Å². The van der Waals surface area contributed by atoms with Gasteiger partial charge < -0.3 is 40.2 Å². The van der Waals surface area contributed by atoms with E-state index in [1.807, 2.05) is 6.92 Å². The summed E-state index contributed by atoms with van der Waals surface area (Å²) in [6, 6.07) is -1.30. The standard InChI is InChI=1S/C17H30N2O7/c1-4-5-6-8-7-9(20)17(23)16(24-8)25-15-13(22)10(18-2)12(21)11(19-3)14(15)26-17/h8,10-16,18-19,21-23H,4-7H2,1-3H3/t8?,10-,11+,12+,13+,14-,15-,16+,17+/m1/s1. The summed E-state index contributed by atoms with van der Waals surface area (Å²) >= 11 is 0. The smallest absolute Gasteiger partial charge is 0.280 e. The summed E-state index contributed by atoms with van der Waals surface area (Å²) in [4.78, 5) is 12.6. The van der Waals surface area contributed by atoms with Gasteiger partial charge in [-0.1, -0.05) is 19.8 Å². The van der Waals surface area contributed by atoms with Crippen molar-refractivity contribution in [1.29, 1.82) is 0 Å². The number of fused-ring (bicyclic) bond motifs is 2. The van der Waals surface area contributed by atoms with E-state index in [1.54, 1.807) is 14.1 Å². The molecule has 3 fully saturated rings. The molecule has 9 atom stereocenters. The summed E-state index contributed by atoms with van der Waals surface area (Å²) < 4.78 is 17.4. The molecule has 0 radical (unpaired) electrons. The fourth-order valence-electron chi connectivity index (χ4n) is 4.19. The second kappa shape index (κ2) is 7.76. The first-order valence-corrected chi connectivity index (χ1v) is 9.32. The lowest BCUT2D eigenvalue weighted by molar-refractivity contribution is -0.421. The minimum absolute atomic E-state index is 0.0439. The van der Waals surface area contributed by atoms with Crippen molar-refractivity contribution in [2.45, 2.75) is 87.3 Å². The molecule has 0 aromatic heterocycles. The Kier molecular flexibility index (Phi) is 6.00. The van der Waals surface area contributed by atoms with Gasteiger partial charge >= 0.3 is 0 Å². The van der Waals surface area contributed by atoms with E-state index in [-0.39, 0.29) is 12.5 Å². The molecule has 0 bridgehead atoms. The SMILES string of the molecule is CCCCC1CC(=O)[C@]2(O)O[C@@H]3[C@@H](NC)[C@@H](O)[C@@H](NC)[C@H](O)[C@H]3O[C@@H]2O1. The van der Waals surface area contributed by atoms with Gasteiger partial charge in [-0.25, -0.2) is 0 Å². The summed E-state index contributed by atoms with van der Waals surface area (Å²) in [5.74, 6) is -2.73. The van der Waals surface area contributed by atoms with Crippen LogP contribution in [0.2, 0.25) is 0 Å². The van der Waals surface area contributed by atoms with Crippen LogP contribution in [-0.2, 0) is 19.0 Å². The Bertz CT molecular complexity index is 521. The highest BCUT2D eigenvalue weighted by molar-refractivity contribution is 5.87. The number of aliphatic hydroxyl groups is 3. The first kappa shape index (κ1) is 20.1. The highest BCUT2D eigenvalue weighted by atomic mass is 16.8. The molecule has 3 rings (SSSR count). The van der Waals surface area contributed by atoms with Crippen LogP contribution in [0, 0.1) is 0 Å². The van der Waals surface area contributed by atoms with Gasteiger partial charge in [0.25, 0.3) is 5.79 Å². The van der Waals surface area contributed by atoms with Gasteiger partial charge in [-0.15, -0.1) is 0 Å². The summed E-state index contributed by atoms with van der Waals surface area (Å²) in [7, 11) is 3.26. The largest absolute Gasteiger partial charge is 0.390 e. The minimum atomic E-state index is -2.23. The van der Waals surface area contributed by atoms with Crippen LogP contribution in [0.3, 0.4) is 0 Å². The van der Waals surface area contributed by atoms with Crippen molar-refractivity contribution in [3.63, 3.8) is 0 Å². The van der Waals surface area contributed by atoms with Gasteiger partial charge in [0.2, 0.25) is 6.29 Å². The van der Waals surface area contributed by atoms with Gasteiger partial charge in [0, 0.05) is 6.42 Å². The number of aliphatic hydroxyl groups excluding tert-OH is 2. The molecule has 1 aliphatic carbocycles. The number of ketones is 1. The topological polar surface area (TPSA) is 130 Å². The van der Waals surface area contributed by atoms with Crippen LogP contribution in [0.1, 0.15) is 32.6 Å². The molecular weight excluding hydrogens is 344 g/mol. The van der Waals surface area contributed by atoms with E-state index < -0.39 is 54.4 Å². The average molecular weight is 374 g/mol. The predicted molar refractivity (Wildman–Crippen MR) is 90.2 cm³/mol. The van der Waals surface area contributed by atoms with E-state index in [0.717, 1.165) is 12.8 Å². The zero-order chi connectivity index (χ0) is 19.1. The molecular formula is C17H30N2O7. The maximum Gasteiger partial charge on any atom is 0.280 e. The molecule has 2 aliphatic heterocycles. The van der Waals surface area contributed by atoms with Crippen molar-refractivity contribution in [2.24, 2.45) is 0 Å². The van der Waals surface area contributed by atoms with Crippen molar-refractivity contribution in [3.05, 3.63) is 0 Å². The van der Waals surface area contributed by atoms with Gasteiger partial charge in [-0.2, -0.15) is 0 Å². The maximum atomic E-state index is 12.6. The zero-order valence-corrected chi connectivity index (χ0v) is 15.4. The normalized spacial score (nSPS) is 48.8. The Hall–Kier alpha value is -0.650. The third kappa shape index (κ3) is 3.20. The third-order valence-corrected chi connectivity index (χ3v) is 5.71. The molecule has 9 nitrogen and oxygen atoms in total. The molecule has 0 amide bonds. The lowest BCUT2D eigenvalue weighted by Gasteiger charge is -2.55. The number of carbonyl (C=O) groups is 1. The Morgan fingerprint density at radius 1 is 1.12 bits per heavy atom. The highest BCUT2D eigenvalue weighted by Gasteiger charge is 2.63. The van der Waals surface area contributed by atoms with Crippen molar-refractivity contribution in [2.75, 3.05) is 14.1 Å². The van der Waals surface area contributed by atoms with Crippen LogP contribution in [-0.4, -0.2) is 89.9 Å². The zero-order valence-electron chi connectivity index (χ0n) is 15.4. The van der Waals surface area contributed by atoms with E-state index >= 15 is 0 Å². The van der Waals surface area contributed by atoms with Crippen molar-refractivity contribution in [1.82, 2.24) is 10.6 Å². The fraction of sp³-hybridized carbons (Fsp3) is 0.941. The van der Waals surface area contributed by atoms with Crippen LogP contribution >= 0.6 is 0 Å². The maximum absolute atomic E-state index is 12.6. The molecule has 0 aromatic carbocycles. The number of hydrogen-bond acceptors (Lipinski definition) is 9. The Morgan fingerprint density at radius 2 is 1.81 bits per heavy atom. The molecule has 3 aliphatic rings. The minimum Gasteiger partial charge on any atom is -0.390 e. The monoisotopic (exact) mass is 374 g/mol.